The molecule has 1 radical (unpaired) electrons. The molecule has 2 nitrogen and oxygen atoms in total. The van der Waals surface area contributed by atoms with E-state index >= 15 is 0 Å². The number of carbonyl (C=O) groups excluding carboxylic acids is 1. The van der Waals surface area contributed by atoms with Crippen LogP contribution in [-0.2, 0) is 0 Å². The fraction of sp³-hybridized carbons (Fsp3) is 0. The molecule has 2 N–H and O–H groups in total. The van der Waals surface area contributed by atoms with Crippen LogP contribution in [0.5, 0.6) is 0 Å². The maximum Gasteiger partial charge on any atom is 0.311 e. The second kappa shape index (κ2) is 4.76. The summed E-state index contributed by atoms with van der Waals surface area (Å²) in [5.74, 6) is 0. The van der Waals surface area contributed by atoms with Gasteiger partial charge < -0.3 is 5.73 Å². The second-order valence-electron chi connectivity index (χ2n) is 0.304. The Hall–Kier alpha value is 0.760. The Balaban J connectivity index is 0. The van der Waals surface area contributed by atoms with Crippen LogP contribution in [-0.4, -0.2) is 34.9 Å². The topological polar surface area (TPSA) is 43.1 Å². The second-order valence-corrected chi connectivity index (χ2v) is 0.677. The summed E-state index contributed by atoms with van der Waals surface area (Å²) in [7, 11) is 0. The largest absolute Gasteiger partial charge is 0.356 e. The van der Waals surface area contributed by atoms with Crippen LogP contribution in [0.1, 0.15) is 0 Å². The van der Waals surface area contributed by atoms with Gasteiger partial charge in [0.05, 0.1) is 0 Å². The van der Waals surface area contributed by atoms with E-state index in [1.165, 1.54) is 0 Å². The van der Waals surface area contributed by atoms with Crippen molar-refractivity contribution in [2.45, 2.75) is 0 Å². The van der Waals surface area contributed by atoms with Gasteiger partial charge in [-0.15, -0.1) is 0 Å². The maximum absolute atomic E-state index is 8.99. The monoisotopic (exact) mass is 102 g/mol. The minimum Gasteiger partial charge on any atom is -0.356 e. The van der Waals surface area contributed by atoms with Crippen molar-refractivity contribution >= 4 is 46.5 Å². The number of amides is 1. The number of rotatable bonds is 0. The van der Waals surface area contributed by atoms with E-state index in [9.17, 15) is 0 Å². The molecule has 0 rings (SSSR count). The van der Waals surface area contributed by atoms with Crippen LogP contribution in [0.25, 0.3) is 0 Å². The van der Waals surface area contributed by atoms with E-state index in [1.54, 1.807) is 0 Å². The Labute approximate surface area is 57.0 Å². The molecule has 0 aromatic heterocycles. The molecule has 0 aliphatic heterocycles. The predicted molar refractivity (Wildman–Crippen MR) is 21.2 cm³/mol. The van der Waals surface area contributed by atoms with Gasteiger partial charge in [0.2, 0.25) is 0 Å². The van der Waals surface area contributed by atoms with Gasteiger partial charge in [-0.2, -0.15) is 0 Å². The number of primary amides is 1. The number of carbonyl (C=O) groups is 1. The van der Waals surface area contributed by atoms with E-state index in [0.717, 1.165) is 0 Å². The standard InChI is InChI=1S/CH2ClNO.Na/c2-1(3)4;/h(H2,3,4);. The summed E-state index contributed by atoms with van der Waals surface area (Å²) >= 11 is 4.41. The Morgan fingerprint density at radius 1 is 1.80 bits per heavy atom. The van der Waals surface area contributed by atoms with Crippen molar-refractivity contribution in [3.8, 4) is 0 Å². The molecule has 0 saturated carbocycles. The van der Waals surface area contributed by atoms with Crippen molar-refractivity contribution in [3.63, 3.8) is 0 Å². The van der Waals surface area contributed by atoms with Crippen molar-refractivity contribution in [3.05, 3.63) is 0 Å². The average molecular weight is 102 g/mol. The predicted octanol–water partition coefficient (Wildman–Crippen LogP) is -0.0769. The quantitative estimate of drug-likeness (QED) is 0.260. The zero-order valence-corrected chi connectivity index (χ0v) is 5.62. The molecular formula is CH2ClNNaO. The van der Waals surface area contributed by atoms with Crippen molar-refractivity contribution < 1.29 is 4.79 Å². The Morgan fingerprint density at radius 2 is 1.80 bits per heavy atom. The van der Waals surface area contributed by atoms with E-state index in [-0.39, 0.29) is 29.6 Å². The van der Waals surface area contributed by atoms with Crippen LogP contribution < -0.4 is 5.73 Å². The Bertz CT molecular complexity index is 34.6. The summed E-state index contributed by atoms with van der Waals surface area (Å²) in [5.41, 5.74) is 4.24. The van der Waals surface area contributed by atoms with E-state index in [2.05, 4.69) is 17.3 Å². The summed E-state index contributed by atoms with van der Waals surface area (Å²) < 4.78 is 0. The van der Waals surface area contributed by atoms with Crippen LogP contribution >= 0.6 is 11.6 Å². The Kier molecular flexibility index (Phi) is 8.79. The summed E-state index contributed by atoms with van der Waals surface area (Å²) in [6.45, 7) is 0. The van der Waals surface area contributed by atoms with E-state index < -0.39 is 5.37 Å². The molecule has 0 atom stereocenters. The minimum absolute atomic E-state index is 0. The molecular weight excluding hydrogens is 100 g/mol. The molecule has 0 aliphatic carbocycles. The summed E-state index contributed by atoms with van der Waals surface area (Å²) in [6.07, 6.45) is 0. The Morgan fingerprint density at radius 3 is 1.80 bits per heavy atom. The molecule has 0 saturated heterocycles. The van der Waals surface area contributed by atoms with Crippen molar-refractivity contribution in [1.29, 1.82) is 0 Å². The first-order chi connectivity index (χ1) is 1.73. The fourth-order valence-corrected chi connectivity index (χ4v) is 0. The summed E-state index contributed by atoms with van der Waals surface area (Å²) in [5, 5.41) is -0.861. The van der Waals surface area contributed by atoms with Crippen LogP contribution in [0, 0.1) is 0 Å². The number of hydrogen-bond acceptors (Lipinski definition) is 1. The first-order valence-corrected chi connectivity index (χ1v) is 1.06. The molecule has 0 fully saturated rings. The first kappa shape index (κ1) is 9.23. The number of hydrogen-bond donors (Lipinski definition) is 1. The zero-order valence-electron chi connectivity index (χ0n) is 2.86. The van der Waals surface area contributed by atoms with Gasteiger partial charge in [-0.1, -0.05) is 0 Å². The van der Waals surface area contributed by atoms with Crippen molar-refractivity contribution in [2.75, 3.05) is 0 Å². The third-order valence-corrected chi connectivity index (χ3v) is 0. The van der Waals surface area contributed by atoms with Crippen molar-refractivity contribution in [2.24, 2.45) is 5.73 Å². The number of halogens is 1. The smallest absolute Gasteiger partial charge is 0.311 e. The number of nitrogens with two attached hydrogens (primary N) is 1. The molecule has 5 heavy (non-hydrogen) atoms. The molecule has 0 heterocycles. The third kappa shape index (κ3) is 62.8. The van der Waals surface area contributed by atoms with Gasteiger partial charge in [0.15, 0.2) is 0 Å². The van der Waals surface area contributed by atoms with Gasteiger partial charge in [-0.05, 0) is 11.6 Å². The first-order valence-electron chi connectivity index (χ1n) is 0.682. The van der Waals surface area contributed by atoms with Gasteiger partial charge >= 0.3 is 5.37 Å². The van der Waals surface area contributed by atoms with Gasteiger partial charge in [0.25, 0.3) is 0 Å². The van der Waals surface area contributed by atoms with Gasteiger partial charge in [0, 0.05) is 29.6 Å². The van der Waals surface area contributed by atoms with Crippen LogP contribution in [0.4, 0.5) is 4.79 Å². The molecule has 0 aromatic rings. The molecule has 25 valence electrons. The van der Waals surface area contributed by atoms with Crippen LogP contribution in [0.3, 0.4) is 0 Å². The van der Waals surface area contributed by atoms with Gasteiger partial charge in [-0.25, -0.2) is 0 Å². The zero-order chi connectivity index (χ0) is 3.58. The SMILES string of the molecule is NC(=O)Cl.[Na]. The molecule has 0 aliphatic rings. The fourth-order valence-electron chi connectivity index (χ4n) is 0. The summed E-state index contributed by atoms with van der Waals surface area (Å²) in [6, 6.07) is 0. The van der Waals surface area contributed by atoms with E-state index in [4.69, 9.17) is 4.79 Å². The molecule has 0 spiro atoms. The maximum atomic E-state index is 8.99. The van der Waals surface area contributed by atoms with Crippen LogP contribution in [0.2, 0.25) is 0 Å². The molecule has 0 bridgehead atoms. The third-order valence-electron chi connectivity index (χ3n) is 0. The van der Waals surface area contributed by atoms with Gasteiger partial charge in [0.1, 0.15) is 0 Å². The van der Waals surface area contributed by atoms with E-state index in [0.29, 0.717) is 0 Å². The minimum atomic E-state index is -0.861. The normalized spacial score (nSPS) is 5.00. The molecule has 0 aromatic carbocycles. The van der Waals surface area contributed by atoms with Crippen molar-refractivity contribution in [1.82, 2.24) is 0 Å². The van der Waals surface area contributed by atoms with Crippen LogP contribution in [0.15, 0.2) is 0 Å². The summed E-state index contributed by atoms with van der Waals surface area (Å²) in [4.78, 5) is 8.99. The van der Waals surface area contributed by atoms with E-state index in [1.807, 2.05) is 0 Å². The molecule has 1 amide bonds. The molecule has 4 heteroatoms. The van der Waals surface area contributed by atoms with Gasteiger partial charge in [-0.3, -0.25) is 4.79 Å². The average Bonchev–Trinajstić information content (AvgIpc) is 0.811. The molecule has 0 unspecified atom stereocenters.